The highest BCUT2D eigenvalue weighted by Crippen LogP contribution is 2.65. The summed E-state index contributed by atoms with van der Waals surface area (Å²) >= 11 is 0. The average molecular weight is 228 g/mol. The van der Waals surface area contributed by atoms with E-state index in [0.717, 1.165) is 17.6 Å². The van der Waals surface area contributed by atoms with Gasteiger partial charge in [0.15, 0.2) is 0 Å². The van der Waals surface area contributed by atoms with Crippen LogP contribution >= 0.6 is 0 Å². The van der Waals surface area contributed by atoms with Crippen LogP contribution in [0.1, 0.15) is 12.0 Å². The summed E-state index contributed by atoms with van der Waals surface area (Å²) in [6, 6.07) is 7.67. The molecule has 86 valence electrons. The van der Waals surface area contributed by atoms with E-state index in [9.17, 15) is 4.79 Å². The van der Waals surface area contributed by atoms with Gasteiger partial charge in [0.2, 0.25) is 0 Å². The van der Waals surface area contributed by atoms with Gasteiger partial charge in [0, 0.05) is 18.1 Å². The number of hydrogen-bond acceptors (Lipinski definition) is 3. The first-order chi connectivity index (χ1) is 8.25. The number of carbonyl (C=O) groups is 1. The molecule has 1 saturated carbocycles. The molecule has 3 heteroatoms. The van der Waals surface area contributed by atoms with Crippen LogP contribution in [0.3, 0.4) is 0 Å². The van der Waals surface area contributed by atoms with Crippen LogP contribution in [-0.4, -0.2) is 12.6 Å². The van der Waals surface area contributed by atoms with Gasteiger partial charge in [-0.05, 0) is 12.5 Å². The topological polar surface area (TPSA) is 35.5 Å². The minimum atomic E-state index is -0.469. The lowest BCUT2D eigenvalue weighted by atomic mass is 9.54. The molecule has 3 nitrogen and oxygen atoms in total. The van der Waals surface area contributed by atoms with Gasteiger partial charge in [0.1, 0.15) is 17.3 Å². The van der Waals surface area contributed by atoms with Crippen LogP contribution in [0, 0.1) is 11.8 Å². The monoisotopic (exact) mass is 228 g/mol. The highest BCUT2D eigenvalue weighted by molar-refractivity contribution is 5.86. The number of fused-ring (bicyclic) bond motifs is 1. The summed E-state index contributed by atoms with van der Waals surface area (Å²) in [6.45, 7) is 4.72. The molecule has 4 rings (SSSR count). The molecule has 2 fully saturated rings. The Labute approximate surface area is 99.0 Å². The van der Waals surface area contributed by atoms with Crippen LogP contribution in [0.4, 0.5) is 0 Å². The number of rotatable bonds is 0. The van der Waals surface area contributed by atoms with Crippen molar-refractivity contribution in [3.8, 4) is 5.75 Å². The molecular formula is C14H12O3. The predicted octanol–water partition coefficient (Wildman–Crippen LogP) is 2.02. The van der Waals surface area contributed by atoms with Crippen LogP contribution in [-0.2, 0) is 15.1 Å². The SMILES string of the molecule is C=C1[C@H]2C(=O)Oc3ccccc3[C@]23OCC[C@H]13. The van der Waals surface area contributed by atoms with E-state index in [1.54, 1.807) is 0 Å². The number of carbonyl (C=O) groups excluding carboxylic acids is 1. The summed E-state index contributed by atoms with van der Waals surface area (Å²) in [5.41, 5.74) is 1.52. The first-order valence-electron chi connectivity index (χ1n) is 5.89. The standard InChI is InChI=1S/C14H12O3/c1-8-9-6-7-16-14(9)10-4-2-3-5-11(10)17-13(15)12(8)14/h2-5,9,12H,1,6-7H2/t9-,12+,14+/m1/s1. The van der Waals surface area contributed by atoms with E-state index in [1.807, 2.05) is 24.3 Å². The fourth-order valence-corrected chi connectivity index (χ4v) is 3.58. The Hall–Kier alpha value is -1.61. The Kier molecular flexibility index (Phi) is 1.55. The van der Waals surface area contributed by atoms with Crippen LogP contribution < -0.4 is 4.74 Å². The molecule has 0 N–H and O–H groups in total. The molecular weight excluding hydrogens is 216 g/mol. The maximum Gasteiger partial charge on any atom is 0.321 e. The fraction of sp³-hybridized carbons (Fsp3) is 0.357. The molecule has 0 amide bonds. The lowest BCUT2D eigenvalue weighted by molar-refractivity contribution is -0.169. The highest BCUT2D eigenvalue weighted by atomic mass is 16.6. The fourth-order valence-electron chi connectivity index (χ4n) is 3.58. The lowest BCUT2D eigenvalue weighted by Crippen LogP contribution is -2.59. The van der Waals surface area contributed by atoms with Gasteiger partial charge < -0.3 is 9.47 Å². The van der Waals surface area contributed by atoms with Gasteiger partial charge in [0.25, 0.3) is 0 Å². The zero-order valence-corrected chi connectivity index (χ0v) is 9.31. The van der Waals surface area contributed by atoms with Gasteiger partial charge in [-0.3, -0.25) is 4.79 Å². The molecule has 0 bridgehead atoms. The first-order valence-corrected chi connectivity index (χ1v) is 5.89. The molecule has 0 unspecified atom stereocenters. The van der Waals surface area contributed by atoms with Crippen molar-refractivity contribution in [2.24, 2.45) is 11.8 Å². The maximum absolute atomic E-state index is 12.0. The molecule has 17 heavy (non-hydrogen) atoms. The third-order valence-electron chi connectivity index (χ3n) is 4.27. The maximum atomic E-state index is 12.0. The molecule has 0 radical (unpaired) electrons. The van der Waals surface area contributed by atoms with E-state index in [4.69, 9.17) is 9.47 Å². The van der Waals surface area contributed by atoms with Crippen LogP contribution in [0.15, 0.2) is 36.4 Å². The summed E-state index contributed by atoms with van der Waals surface area (Å²) in [7, 11) is 0. The molecule has 1 aromatic carbocycles. The highest BCUT2D eigenvalue weighted by Gasteiger charge is 2.68. The molecule has 3 atom stereocenters. The predicted molar refractivity (Wildman–Crippen MR) is 60.4 cm³/mol. The number of benzene rings is 1. The summed E-state index contributed by atoms with van der Waals surface area (Å²) in [5.74, 6) is 0.409. The van der Waals surface area contributed by atoms with E-state index in [0.29, 0.717) is 12.4 Å². The molecule has 1 spiro atoms. The minimum Gasteiger partial charge on any atom is -0.426 e. The van der Waals surface area contributed by atoms with Crippen molar-refractivity contribution < 1.29 is 14.3 Å². The largest absolute Gasteiger partial charge is 0.426 e. The molecule has 3 aliphatic rings. The van der Waals surface area contributed by atoms with E-state index in [-0.39, 0.29) is 17.8 Å². The van der Waals surface area contributed by atoms with Crippen molar-refractivity contribution in [3.63, 3.8) is 0 Å². The number of esters is 1. The third kappa shape index (κ3) is 0.870. The Bertz CT molecular complexity index is 548. The Morgan fingerprint density at radius 1 is 1.35 bits per heavy atom. The molecule has 2 heterocycles. The van der Waals surface area contributed by atoms with Gasteiger partial charge in [0.05, 0.1) is 0 Å². The van der Waals surface area contributed by atoms with Crippen molar-refractivity contribution in [3.05, 3.63) is 42.0 Å². The molecule has 1 aliphatic carbocycles. The molecule has 0 aromatic heterocycles. The van der Waals surface area contributed by atoms with Gasteiger partial charge in [-0.15, -0.1) is 0 Å². The van der Waals surface area contributed by atoms with E-state index in [1.165, 1.54) is 0 Å². The molecule has 1 saturated heterocycles. The second kappa shape index (κ2) is 2.79. The van der Waals surface area contributed by atoms with Gasteiger partial charge in [-0.1, -0.05) is 30.4 Å². The van der Waals surface area contributed by atoms with Gasteiger partial charge in [-0.25, -0.2) is 0 Å². The number of para-hydroxylation sites is 1. The third-order valence-corrected chi connectivity index (χ3v) is 4.27. The average Bonchev–Trinajstić information content (AvgIpc) is 2.68. The smallest absolute Gasteiger partial charge is 0.321 e. The normalized spacial score (nSPS) is 37.6. The first kappa shape index (κ1) is 9.42. The Morgan fingerprint density at radius 2 is 2.18 bits per heavy atom. The van der Waals surface area contributed by atoms with E-state index >= 15 is 0 Å². The zero-order chi connectivity index (χ0) is 11.6. The summed E-state index contributed by atoms with van der Waals surface area (Å²) in [6.07, 6.45) is 0.955. The van der Waals surface area contributed by atoms with Gasteiger partial charge in [-0.2, -0.15) is 0 Å². The van der Waals surface area contributed by atoms with Gasteiger partial charge >= 0.3 is 5.97 Å². The summed E-state index contributed by atoms with van der Waals surface area (Å²) in [4.78, 5) is 12.0. The van der Waals surface area contributed by atoms with Crippen molar-refractivity contribution >= 4 is 5.97 Å². The second-order valence-electron chi connectivity index (χ2n) is 4.91. The Balaban J connectivity index is 1.98. The quantitative estimate of drug-likeness (QED) is 0.387. The minimum absolute atomic E-state index is 0.216. The van der Waals surface area contributed by atoms with Crippen LogP contribution in [0.25, 0.3) is 0 Å². The van der Waals surface area contributed by atoms with Crippen LogP contribution in [0.5, 0.6) is 5.75 Å². The zero-order valence-electron chi connectivity index (χ0n) is 9.31. The second-order valence-corrected chi connectivity index (χ2v) is 4.91. The summed E-state index contributed by atoms with van der Waals surface area (Å²) in [5, 5.41) is 0. The van der Waals surface area contributed by atoms with Crippen LogP contribution in [0.2, 0.25) is 0 Å². The summed E-state index contributed by atoms with van der Waals surface area (Å²) < 4.78 is 11.3. The number of hydrogen-bond donors (Lipinski definition) is 0. The van der Waals surface area contributed by atoms with E-state index < -0.39 is 5.60 Å². The Morgan fingerprint density at radius 3 is 3.06 bits per heavy atom. The lowest BCUT2D eigenvalue weighted by Gasteiger charge is -2.54. The van der Waals surface area contributed by atoms with E-state index in [2.05, 4.69) is 6.58 Å². The van der Waals surface area contributed by atoms with Crippen molar-refractivity contribution in [1.29, 1.82) is 0 Å². The van der Waals surface area contributed by atoms with Crippen molar-refractivity contribution in [2.45, 2.75) is 12.0 Å². The van der Waals surface area contributed by atoms with Crippen molar-refractivity contribution in [2.75, 3.05) is 6.61 Å². The molecule has 2 aliphatic heterocycles. The molecule has 1 aromatic rings. The number of ether oxygens (including phenoxy) is 2. The van der Waals surface area contributed by atoms with Crippen molar-refractivity contribution in [1.82, 2.24) is 0 Å².